The van der Waals surface area contributed by atoms with Crippen molar-refractivity contribution in [1.29, 1.82) is 0 Å². The standard InChI is InChI=1S/C12H25N3O/c1-3-14-12(16)6-7-13-10-11(2)15-8-4-5-9-15/h11,13H,3-10H2,1-2H3,(H,14,16). The van der Waals surface area contributed by atoms with Gasteiger partial charge in [-0.2, -0.15) is 0 Å². The van der Waals surface area contributed by atoms with Crippen LogP contribution in [0.5, 0.6) is 0 Å². The Labute approximate surface area is 98.8 Å². The number of carbonyl (C=O) groups is 1. The lowest BCUT2D eigenvalue weighted by molar-refractivity contribution is -0.120. The minimum atomic E-state index is 0.142. The molecule has 1 fully saturated rings. The molecule has 1 aliphatic heterocycles. The molecule has 16 heavy (non-hydrogen) atoms. The quantitative estimate of drug-likeness (QED) is 0.626. The second kappa shape index (κ2) is 7.63. The zero-order valence-corrected chi connectivity index (χ0v) is 10.6. The Morgan fingerprint density at radius 3 is 2.69 bits per heavy atom. The van der Waals surface area contributed by atoms with E-state index < -0.39 is 0 Å². The maximum Gasteiger partial charge on any atom is 0.221 e. The first kappa shape index (κ1) is 13.5. The molecule has 1 unspecified atom stereocenters. The van der Waals surface area contributed by atoms with E-state index in [0.717, 1.165) is 19.6 Å². The van der Waals surface area contributed by atoms with Gasteiger partial charge in [-0.25, -0.2) is 0 Å². The van der Waals surface area contributed by atoms with Crippen LogP contribution in [0.3, 0.4) is 0 Å². The number of amides is 1. The lowest BCUT2D eigenvalue weighted by atomic mass is 10.3. The Morgan fingerprint density at radius 1 is 1.38 bits per heavy atom. The van der Waals surface area contributed by atoms with Gasteiger partial charge in [0.25, 0.3) is 0 Å². The number of hydrogen-bond donors (Lipinski definition) is 2. The van der Waals surface area contributed by atoms with Crippen LogP contribution in [0.4, 0.5) is 0 Å². The molecule has 0 aliphatic carbocycles. The first-order valence-corrected chi connectivity index (χ1v) is 6.45. The highest BCUT2D eigenvalue weighted by Crippen LogP contribution is 2.10. The van der Waals surface area contributed by atoms with E-state index >= 15 is 0 Å². The summed E-state index contributed by atoms with van der Waals surface area (Å²) in [4.78, 5) is 13.7. The second-order valence-electron chi connectivity index (χ2n) is 4.50. The van der Waals surface area contributed by atoms with Crippen molar-refractivity contribution in [3.05, 3.63) is 0 Å². The topological polar surface area (TPSA) is 44.4 Å². The Morgan fingerprint density at radius 2 is 2.06 bits per heavy atom. The lowest BCUT2D eigenvalue weighted by Gasteiger charge is -2.23. The molecule has 1 atom stereocenters. The molecule has 1 saturated heterocycles. The zero-order valence-electron chi connectivity index (χ0n) is 10.6. The van der Waals surface area contributed by atoms with E-state index in [0.29, 0.717) is 12.5 Å². The summed E-state index contributed by atoms with van der Waals surface area (Å²) in [5.74, 6) is 0.142. The van der Waals surface area contributed by atoms with Crippen molar-refractivity contribution >= 4 is 5.91 Å². The molecular formula is C12H25N3O. The second-order valence-corrected chi connectivity index (χ2v) is 4.50. The Kier molecular flexibility index (Phi) is 6.42. The maximum absolute atomic E-state index is 11.2. The van der Waals surface area contributed by atoms with E-state index in [4.69, 9.17) is 0 Å². The van der Waals surface area contributed by atoms with E-state index in [1.54, 1.807) is 0 Å². The van der Waals surface area contributed by atoms with Crippen molar-refractivity contribution < 1.29 is 4.79 Å². The molecule has 1 rings (SSSR count). The Bertz CT molecular complexity index is 202. The van der Waals surface area contributed by atoms with Crippen LogP contribution in [0.25, 0.3) is 0 Å². The van der Waals surface area contributed by atoms with Crippen molar-refractivity contribution in [3.63, 3.8) is 0 Å². The number of nitrogens with zero attached hydrogens (tertiary/aromatic N) is 1. The normalized spacial score (nSPS) is 18.6. The van der Waals surface area contributed by atoms with E-state index in [1.165, 1.54) is 25.9 Å². The average molecular weight is 227 g/mol. The molecule has 1 amide bonds. The third-order valence-electron chi connectivity index (χ3n) is 3.11. The summed E-state index contributed by atoms with van der Waals surface area (Å²) >= 11 is 0. The predicted octanol–water partition coefficient (Wildman–Crippen LogP) is 0.587. The van der Waals surface area contributed by atoms with Crippen LogP contribution < -0.4 is 10.6 Å². The minimum Gasteiger partial charge on any atom is -0.356 e. The molecule has 0 aromatic rings. The van der Waals surface area contributed by atoms with Crippen LogP contribution in [0.15, 0.2) is 0 Å². The molecule has 0 aromatic carbocycles. The molecule has 94 valence electrons. The molecule has 1 aliphatic rings. The fraction of sp³-hybridized carbons (Fsp3) is 0.917. The Hall–Kier alpha value is -0.610. The molecule has 4 nitrogen and oxygen atoms in total. The van der Waals surface area contributed by atoms with Gasteiger partial charge in [-0.15, -0.1) is 0 Å². The van der Waals surface area contributed by atoms with Gasteiger partial charge < -0.3 is 10.6 Å². The first-order valence-electron chi connectivity index (χ1n) is 6.45. The molecule has 0 radical (unpaired) electrons. The van der Waals surface area contributed by atoms with Crippen LogP contribution in [0.1, 0.15) is 33.1 Å². The van der Waals surface area contributed by atoms with Crippen LogP contribution >= 0.6 is 0 Å². The van der Waals surface area contributed by atoms with Gasteiger partial charge in [0.05, 0.1) is 0 Å². The van der Waals surface area contributed by atoms with E-state index in [1.807, 2.05) is 6.92 Å². The molecule has 1 heterocycles. The van der Waals surface area contributed by atoms with Gasteiger partial charge in [0.1, 0.15) is 0 Å². The fourth-order valence-corrected chi connectivity index (χ4v) is 2.11. The van der Waals surface area contributed by atoms with Crippen LogP contribution in [-0.2, 0) is 4.79 Å². The molecule has 4 heteroatoms. The Balaban J connectivity index is 1.99. The summed E-state index contributed by atoms with van der Waals surface area (Å²) in [5.41, 5.74) is 0. The van der Waals surface area contributed by atoms with E-state index in [2.05, 4.69) is 22.5 Å². The monoisotopic (exact) mass is 227 g/mol. The van der Waals surface area contributed by atoms with E-state index in [-0.39, 0.29) is 5.91 Å². The number of carbonyl (C=O) groups excluding carboxylic acids is 1. The van der Waals surface area contributed by atoms with Crippen molar-refractivity contribution in [2.45, 2.75) is 39.2 Å². The number of rotatable bonds is 7. The van der Waals surface area contributed by atoms with Crippen LogP contribution in [0.2, 0.25) is 0 Å². The van der Waals surface area contributed by atoms with Gasteiger partial charge in [-0.1, -0.05) is 0 Å². The average Bonchev–Trinajstić information content (AvgIpc) is 2.78. The highest BCUT2D eigenvalue weighted by atomic mass is 16.1. The van der Waals surface area contributed by atoms with Crippen molar-refractivity contribution in [3.8, 4) is 0 Å². The summed E-state index contributed by atoms with van der Waals surface area (Å²) in [6, 6.07) is 0.594. The molecular weight excluding hydrogens is 202 g/mol. The molecule has 0 bridgehead atoms. The highest BCUT2D eigenvalue weighted by molar-refractivity contribution is 5.75. The minimum absolute atomic E-state index is 0.142. The molecule has 0 aromatic heterocycles. The lowest BCUT2D eigenvalue weighted by Crippen LogP contribution is -2.39. The number of nitrogens with one attached hydrogen (secondary N) is 2. The van der Waals surface area contributed by atoms with Crippen molar-refractivity contribution in [2.24, 2.45) is 0 Å². The summed E-state index contributed by atoms with van der Waals surface area (Å²) in [7, 11) is 0. The van der Waals surface area contributed by atoms with Gasteiger partial charge in [-0.05, 0) is 39.8 Å². The van der Waals surface area contributed by atoms with Crippen LogP contribution in [0, 0.1) is 0 Å². The highest BCUT2D eigenvalue weighted by Gasteiger charge is 2.17. The van der Waals surface area contributed by atoms with Gasteiger partial charge in [0.15, 0.2) is 0 Å². The summed E-state index contributed by atoms with van der Waals surface area (Å²) in [6.45, 7) is 9.16. The maximum atomic E-state index is 11.2. The van der Waals surface area contributed by atoms with Gasteiger partial charge in [0, 0.05) is 32.1 Å². The SMILES string of the molecule is CCNC(=O)CCNCC(C)N1CCCC1. The van der Waals surface area contributed by atoms with Crippen molar-refractivity contribution in [1.82, 2.24) is 15.5 Å². The summed E-state index contributed by atoms with van der Waals surface area (Å²) in [6.07, 6.45) is 3.26. The number of hydrogen-bond acceptors (Lipinski definition) is 3. The van der Waals surface area contributed by atoms with Gasteiger partial charge in [-0.3, -0.25) is 9.69 Å². The number of likely N-dealkylation sites (tertiary alicyclic amines) is 1. The summed E-state index contributed by atoms with van der Waals surface area (Å²) in [5, 5.41) is 6.15. The first-order chi connectivity index (χ1) is 7.74. The molecule has 0 spiro atoms. The van der Waals surface area contributed by atoms with Crippen LogP contribution in [-0.4, -0.2) is 49.6 Å². The summed E-state index contributed by atoms with van der Waals surface area (Å²) < 4.78 is 0. The fourth-order valence-electron chi connectivity index (χ4n) is 2.11. The zero-order chi connectivity index (χ0) is 11.8. The van der Waals surface area contributed by atoms with E-state index in [9.17, 15) is 4.79 Å². The van der Waals surface area contributed by atoms with Gasteiger partial charge in [0.2, 0.25) is 5.91 Å². The molecule has 0 saturated carbocycles. The van der Waals surface area contributed by atoms with Crippen molar-refractivity contribution in [2.75, 3.05) is 32.7 Å². The smallest absolute Gasteiger partial charge is 0.221 e. The third-order valence-corrected chi connectivity index (χ3v) is 3.11. The largest absolute Gasteiger partial charge is 0.356 e. The van der Waals surface area contributed by atoms with Gasteiger partial charge >= 0.3 is 0 Å². The predicted molar refractivity (Wildman–Crippen MR) is 66.4 cm³/mol. The third kappa shape index (κ3) is 4.94. The molecule has 2 N–H and O–H groups in total.